The van der Waals surface area contributed by atoms with Gasteiger partial charge in [-0.15, -0.1) is 0 Å². The van der Waals surface area contributed by atoms with Crippen molar-refractivity contribution < 1.29 is 19.7 Å². The zero-order chi connectivity index (χ0) is 16.0. The standard InChI is InChI=1S/C15H24N2O4/c1-10(8-17-14(20)21-15(2,3)4)16-9-11-5-6-12(18)13(19)7-11/h5-7,10,16,18-19H,8-9H2,1-4H3,(H,17,20). The molecule has 1 aromatic rings. The molecule has 118 valence electrons. The van der Waals surface area contributed by atoms with Gasteiger partial charge in [-0.2, -0.15) is 0 Å². The van der Waals surface area contributed by atoms with Gasteiger partial charge < -0.3 is 25.6 Å². The Morgan fingerprint density at radius 3 is 2.52 bits per heavy atom. The van der Waals surface area contributed by atoms with Crippen LogP contribution in [0, 0.1) is 0 Å². The van der Waals surface area contributed by atoms with Gasteiger partial charge in [0.05, 0.1) is 0 Å². The lowest BCUT2D eigenvalue weighted by Crippen LogP contribution is -2.40. The minimum Gasteiger partial charge on any atom is -0.504 e. The highest BCUT2D eigenvalue weighted by molar-refractivity contribution is 5.67. The summed E-state index contributed by atoms with van der Waals surface area (Å²) in [5, 5.41) is 24.5. The van der Waals surface area contributed by atoms with Crippen molar-refractivity contribution in [2.45, 2.75) is 45.9 Å². The number of carbonyl (C=O) groups is 1. The number of ether oxygens (including phenoxy) is 1. The van der Waals surface area contributed by atoms with Crippen molar-refractivity contribution in [3.05, 3.63) is 23.8 Å². The number of hydrogen-bond acceptors (Lipinski definition) is 5. The highest BCUT2D eigenvalue weighted by Gasteiger charge is 2.16. The Morgan fingerprint density at radius 1 is 1.29 bits per heavy atom. The monoisotopic (exact) mass is 296 g/mol. The van der Waals surface area contributed by atoms with E-state index >= 15 is 0 Å². The number of phenols is 2. The third kappa shape index (κ3) is 6.85. The quantitative estimate of drug-likeness (QED) is 0.625. The van der Waals surface area contributed by atoms with Gasteiger partial charge in [-0.3, -0.25) is 0 Å². The second kappa shape index (κ2) is 7.17. The molecular formula is C15H24N2O4. The minimum atomic E-state index is -0.510. The summed E-state index contributed by atoms with van der Waals surface area (Å²) in [6.45, 7) is 8.31. The van der Waals surface area contributed by atoms with Crippen molar-refractivity contribution in [2.24, 2.45) is 0 Å². The van der Waals surface area contributed by atoms with E-state index in [1.54, 1.807) is 6.07 Å². The Bertz CT molecular complexity index is 483. The average Bonchev–Trinajstić information content (AvgIpc) is 2.36. The van der Waals surface area contributed by atoms with Gasteiger partial charge in [0.2, 0.25) is 0 Å². The summed E-state index contributed by atoms with van der Waals surface area (Å²) in [6, 6.07) is 4.69. The van der Waals surface area contributed by atoms with E-state index in [2.05, 4.69) is 10.6 Å². The van der Waals surface area contributed by atoms with E-state index in [-0.39, 0.29) is 17.5 Å². The smallest absolute Gasteiger partial charge is 0.407 e. The van der Waals surface area contributed by atoms with Gasteiger partial charge in [0.25, 0.3) is 0 Å². The zero-order valence-electron chi connectivity index (χ0n) is 12.9. The minimum absolute atomic E-state index is 0.0356. The molecule has 6 nitrogen and oxygen atoms in total. The lowest BCUT2D eigenvalue weighted by Gasteiger charge is -2.21. The predicted molar refractivity (Wildman–Crippen MR) is 80.3 cm³/mol. The fourth-order valence-corrected chi connectivity index (χ4v) is 1.59. The lowest BCUT2D eigenvalue weighted by molar-refractivity contribution is 0.0523. The molecule has 1 atom stereocenters. The molecule has 0 aliphatic carbocycles. The number of aromatic hydroxyl groups is 2. The SMILES string of the molecule is CC(CNC(=O)OC(C)(C)C)NCc1ccc(O)c(O)c1. The molecule has 0 aromatic heterocycles. The fourth-order valence-electron chi connectivity index (χ4n) is 1.59. The van der Waals surface area contributed by atoms with Crippen LogP contribution in [0.5, 0.6) is 11.5 Å². The molecule has 0 bridgehead atoms. The molecule has 0 heterocycles. The van der Waals surface area contributed by atoms with Crippen LogP contribution in [0.2, 0.25) is 0 Å². The maximum atomic E-state index is 11.5. The Hall–Kier alpha value is -1.95. The Balaban J connectivity index is 2.32. The van der Waals surface area contributed by atoms with Crippen LogP contribution in [0.1, 0.15) is 33.3 Å². The predicted octanol–water partition coefficient (Wildman–Crippen LogP) is 2.10. The molecule has 1 amide bonds. The second-order valence-corrected chi connectivity index (χ2v) is 5.99. The summed E-state index contributed by atoms with van der Waals surface area (Å²) in [5.41, 5.74) is 0.332. The summed E-state index contributed by atoms with van der Waals surface area (Å²) in [5.74, 6) is -0.285. The van der Waals surface area contributed by atoms with Gasteiger partial charge >= 0.3 is 6.09 Å². The van der Waals surface area contributed by atoms with Crippen molar-refractivity contribution in [3.63, 3.8) is 0 Å². The van der Waals surface area contributed by atoms with Crippen LogP contribution >= 0.6 is 0 Å². The normalized spacial score (nSPS) is 12.8. The topological polar surface area (TPSA) is 90.8 Å². The first kappa shape index (κ1) is 17.1. The van der Waals surface area contributed by atoms with Gasteiger partial charge in [-0.05, 0) is 45.4 Å². The van der Waals surface area contributed by atoms with Crippen LogP contribution in [0.3, 0.4) is 0 Å². The van der Waals surface area contributed by atoms with E-state index in [0.29, 0.717) is 13.1 Å². The van der Waals surface area contributed by atoms with E-state index in [1.807, 2.05) is 27.7 Å². The van der Waals surface area contributed by atoms with Crippen molar-refractivity contribution in [2.75, 3.05) is 6.54 Å². The lowest BCUT2D eigenvalue weighted by atomic mass is 10.2. The fraction of sp³-hybridized carbons (Fsp3) is 0.533. The number of phenolic OH excluding ortho intramolecular Hbond substituents is 2. The number of hydrogen-bond donors (Lipinski definition) is 4. The van der Waals surface area contributed by atoms with E-state index < -0.39 is 11.7 Å². The zero-order valence-corrected chi connectivity index (χ0v) is 12.9. The first-order valence-corrected chi connectivity index (χ1v) is 6.88. The molecule has 0 aliphatic heterocycles. The first-order valence-electron chi connectivity index (χ1n) is 6.88. The van der Waals surface area contributed by atoms with E-state index in [4.69, 9.17) is 4.74 Å². The summed E-state index contributed by atoms with van der Waals surface area (Å²) in [6.07, 6.45) is -0.446. The van der Waals surface area contributed by atoms with E-state index in [1.165, 1.54) is 12.1 Å². The maximum absolute atomic E-state index is 11.5. The largest absolute Gasteiger partial charge is 0.504 e. The number of benzene rings is 1. The van der Waals surface area contributed by atoms with Crippen LogP contribution in [0.15, 0.2) is 18.2 Å². The molecule has 1 unspecified atom stereocenters. The average molecular weight is 296 g/mol. The molecule has 0 saturated heterocycles. The summed E-state index contributed by atoms with van der Waals surface area (Å²) in [4.78, 5) is 11.5. The second-order valence-electron chi connectivity index (χ2n) is 5.99. The summed E-state index contributed by atoms with van der Waals surface area (Å²) in [7, 11) is 0. The molecule has 21 heavy (non-hydrogen) atoms. The molecule has 0 spiro atoms. The van der Waals surface area contributed by atoms with E-state index in [9.17, 15) is 15.0 Å². The van der Waals surface area contributed by atoms with Crippen molar-refractivity contribution in [3.8, 4) is 11.5 Å². The molecule has 1 rings (SSSR count). The molecular weight excluding hydrogens is 272 g/mol. The number of carbonyl (C=O) groups excluding carboxylic acids is 1. The Labute approximate surface area is 125 Å². The van der Waals surface area contributed by atoms with Gasteiger partial charge in [0.15, 0.2) is 11.5 Å². The van der Waals surface area contributed by atoms with Crippen LogP contribution in [-0.4, -0.2) is 34.5 Å². The van der Waals surface area contributed by atoms with Gasteiger partial charge in [0.1, 0.15) is 5.60 Å². The highest BCUT2D eigenvalue weighted by Crippen LogP contribution is 2.24. The van der Waals surface area contributed by atoms with Gasteiger partial charge in [-0.25, -0.2) is 4.79 Å². The highest BCUT2D eigenvalue weighted by atomic mass is 16.6. The summed E-state index contributed by atoms with van der Waals surface area (Å²) < 4.78 is 5.14. The molecule has 0 radical (unpaired) electrons. The number of alkyl carbamates (subject to hydrolysis) is 1. The molecule has 0 aliphatic rings. The number of nitrogens with one attached hydrogen (secondary N) is 2. The number of amides is 1. The van der Waals surface area contributed by atoms with E-state index in [0.717, 1.165) is 5.56 Å². The third-order valence-electron chi connectivity index (χ3n) is 2.65. The number of rotatable bonds is 5. The van der Waals surface area contributed by atoms with Crippen LogP contribution < -0.4 is 10.6 Å². The maximum Gasteiger partial charge on any atom is 0.407 e. The van der Waals surface area contributed by atoms with Crippen molar-refractivity contribution >= 4 is 6.09 Å². The molecule has 0 fully saturated rings. The van der Waals surface area contributed by atoms with Gasteiger partial charge in [-0.1, -0.05) is 6.07 Å². The Morgan fingerprint density at radius 2 is 1.95 bits per heavy atom. The molecule has 4 N–H and O–H groups in total. The molecule has 6 heteroatoms. The van der Waals surface area contributed by atoms with Crippen LogP contribution in [0.4, 0.5) is 4.79 Å². The van der Waals surface area contributed by atoms with Crippen molar-refractivity contribution in [1.29, 1.82) is 0 Å². The van der Waals surface area contributed by atoms with Gasteiger partial charge in [0, 0.05) is 19.1 Å². The van der Waals surface area contributed by atoms with Crippen LogP contribution in [-0.2, 0) is 11.3 Å². The third-order valence-corrected chi connectivity index (χ3v) is 2.65. The van der Waals surface area contributed by atoms with Crippen molar-refractivity contribution in [1.82, 2.24) is 10.6 Å². The summed E-state index contributed by atoms with van der Waals surface area (Å²) >= 11 is 0. The first-order chi connectivity index (χ1) is 9.67. The van der Waals surface area contributed by atoms with Crippen LogP contribution in [0.25, 0.3) is 0 Å². The molecule has 1 aromatic carbocycles. The Kier molecular flexibility index (Phi) is 5.84. The molecule has 0 saturated carbocycles.